The van der Waals surface area contributed by atoms with Gasteiger partial charge in [-0.05, 0) is 73.5 Å². The molecule has 14 heteroatoms. The second-order valence-electron chi connectivity index (χ2n) is 15.3. The number of carbonyl (C=O) groups excluding carboxylic acids is 4. The summed E-state index contributed by atoms with van der Waals surface area (Å²) >= 11 is 0. The van der Waals surface area contributed by atoms with Crippen molar-refractivity contribution in [1.29, 1.82) is 0 Å². The maximum absolute atomic E-state index is 12.6. The quantitative estimate of drug-likeness (QED) is 0.0825. The molecule has 2 aromatic heterocycles. The molecule has 59 heavy (non-hydrogen) atoms. The molecule has 13 nitrogen and oxygen atoms in total. The largest absolute Gasteiger partial charge is 0.354 e. The standard InChI is InChI=1S/C23H22N4O2.C22H21N5O2.ClH/c28-20(10-14-6-4-5-7-14)25-16-11-17-21-18(13-24-27-23(17)29)22(26-19(21)12-16)15-8-2-1-3-9-15;28-19(11-14-7-4-8-23-14)25-15-9-16-20-17(12-24-27-22(16)29)21(26-18(20)10-15)13-5-2-1-3-6-13;/h1-3,8-9,11-14,26H,4-7,10H2,(H,25,28)(H,27,29);1-3,5-6,9-10,12,14,23,26H,4,7-8,11H2,(H,25,28)(H,27,29);1H/t;14-;/m.0./s1. The molecule has 0 spiro atoms. The summed E-state index contributed by atoms with van der Waals surface area (Å²) in [6, 6.07) is 27.3. The molecule has 4 aliphatic rings. The van der Waals surface area contributed by atoms with E-state index in [4.69, 9.17) is 0 Å². The number of amides is 4. The van der Waals surface area contributed by atoms with Crippen LogP contribution in [0.25, 0.3) is 44.3 Å². The molecule has 4 aromatic carbocycles. The summed E-state index contributed by atoms with van der Waals surface area (Å²) < 4.78 is 0. The Bertz CT molecular complexity index is 2440. The molecule has 300 valence electrons. The van der Waals surface area contributed by atoms with Crippen LogP contribution in [-0.2, 0) is 9.59 Å². The first-order valence-corrected chi connectivity index (χ1v) is 19.9. The minimum atomic E-state index is -0.294. The number of rotatable bonds is 8. The van der Waals surface area contributed by atoms with Crippen LogP contribution in [0.3, 0.4) is 0 Å². The molecule has 5 heterocycles. The van der Waals surface area contributed by atoms with E-state index in [1.165, 1.54) is 12.8 Å². The van der Waals surface area contributed by atoms with E-state index in [2.05, 4.69) is 47.0 Å². The summed E-state index contributed by atoms with van der Waals surface area (Å²) in [7, 11) is 0. The molecule has 0 radical (unpaired) electrons. The monoisotopic (exact) mass is 809 g/mol. The van der Waals surface area contributed by atoms with Crippen molar-refractivity contribution in [2.75, 3.05) is 17.2 Å². The van der Waals surface area contributed by atoms with Gasteiger partial charge in [-0.3, -0.25) is 19.2 Å². The van der Waals surface area contributed by atoms with Gasteiger partial charge in [0, 0.05) is 63.2 Å². The SMILES string of the molecule is Cl.O=C(CC1CCCC1)Nc1cc2c3c(c(-c4ccccc4)[nH]c3c1)C=NNC2=O.O=C(C[C@@H]1CCCN1)Nc1cc2c3c(c(-c4ccccc4)[nH]c3c1)C=NNC2=O. The first-order chi connectivity index (χ1) is 28.4. The fourth-order valence-corrected chi connectivity index (χ4v) is 8.63. The Morgan fingerprint density at radius 1 is 0.627 bits per heavy atom. The molecule has 0 bridgehead atoms. The fraction of sp³-hybridized carbons (Fsp3) is 0.244. The van der Waals surface area contributed by atoms with Crippen LogP contribution < -0.4 is 26.8 Å². The van der Waals surface area contributed by atoms with Crippen molar-refractivity contribution in [3.63, 3.8) is 0 Å². The second kappa shape index (κ2) is 17.1. The van der Waals surface area contributed by atoms with Gasteiger partial charge in [-0.1, -0.05) is 73.5 Å². The van der Waals surface area contributed by atoms with Gasteiger partial charge < -0.3 is 25.9 Å². The smallest absolute Gasteiger partial charge is 0.272 e. The first kappa shape index (κ1) is 39.3. The third-order valence-electron chi connectivity index (χ3n) is 11.3. The van der Waals surface area contributed by atoms with Crippen molar-refractivity contribution < 1.29 is 19.2 Å². The Hall–Kier alpha value is -6.57. The molecule has 0 unspecified atom stereocenters. The highest BCUT2D eigenvalue weighted by molar-refractivity contribution is 6.19. The zero-order valence-corrected chi connectivity index (χ0v) is 33.0. The number of aromatic amines is 2. The van der Waals surface area contributed by atoms with E-state index in [1.54, 1.807) is 24.6 Å². The van der Waals surface area contributed by atoms with E-state index in [0.717, 1.165) is 87.7 Å². The number of benzene rings is 4. The third-order valence-corrected chi connectivity index (χ3v) is 11.3. The number of hydrogen-bond acceptors (Lipinski definition) is 7. The van der Waals surface area contributed by atoms with Crippen LogP contribution in [0.15, 0.2) is 95.1 Å². The summed E-state index contributed by atoms with van der Waals surface area (Å²) in [4.78, 5) is 57.0. The number of nitrogens with zero attached hydrogens (tertiary/aromatic N) is 2. The first-order valence-electron chi connectivity index (χ1n) is 19.9. The summed E-state index contributed by atoms with van der Waals surface area (Å²) in [6.07, 6.45) is 11.1. The average molecular weight is 810 g/mol. The minimum Gasteiger partial charge on any atom is -0.354 e. The molecule has 3 aliphatic heterocycles. The third kappa shape index (κ3) is 8.25. The number of carbonyl (C=O) groups is 4. The maximum atomic E-state index is 12.6. The Labute approximate surface area is 346 Å². The number of H-pyrrole nitrogens is 2. The number of nitrogens with one attached hydrogen (secondary N) is 7. The van der Waals surface area contributed by atoms with Crippen LogP contribution in [-0.4, -0.2) is 58.6 Å². The van der Waals surface area contributed by atoms with Gasteiger partial charge in [-0.2, -0.15) is 10.2 Å². The minimum absolute atomic E-state index is 0. The molecule has 1 aliphatic carbocycles. The van der Waals surface area contributed by atoms with Gasteiger partial charge in [0.1, 0.15) is 0 Å². The van der Waals surface area contributed by atoms with Gasteiger partial charge in [0.05, 0.1) is 34.9 Å². The van der Waals surface area contributed by atoms with Gasteiger partial charge >= 0.3 is 0 Å². The molecule has 1 atom stereocenters. The molecule has 7 N–H and O–H groups in total. The highest BCUT2D eigenvalue weighted by atomic mass is 35.5. The molecule has 4 amide bonds. The molecular formula is C45H44ClN9O4. The number of halogens is 1. The van der Waals surface area contributed by atoms with Crippen LogP contribution in [0.4, 0.5) is 11.4 Å². The van der Waals surface area contributed by atoms with Crippen molar-refractivity contribution in [3.05, 3.63) is 107 Å². The lowest BCUT2D eigenvalue weighted by atomic mass is 10.0. The highest BCUT2D eigenvalue weighted by Crippen LogP contribution is 2.36. The van der Waals surface area contributed by atoms with E-state index in [-0.39, 0.29) is 42.1 Å². The lowest BCUT2D eigenvalue weighted by Crippen LogP contribution is -2.27. The Morgan fingerprint density at radius 3 is 1.59 bits per heavy atom. The summed E-state index contributed by atoms with van der Waals surface area (Å²) in [6.45, 7) is 0.960. The van der Waals surface area contributed by atoms with Crippen molar-refractivity contribution in [2.24, 2.45) is 16.1 Å². The van der Waals surface area contributed by atoms with Gasteiger partial charge in [-0.25, -0.2) is 10.9 Å². The van der Waals surface area contributed by atoms with E-state index in [0.29, 0.717) is 41.3 Å². The van der Waals surface area contributed by atoms with E-state index in [9.17, 15) is 19.2 Å². The summed E-state index contributed by atoms with van der Waals surface area (Å²) in [5, 5.41) is 19.0. The predicted molar refractivity (Wildman–Crippen MR) is 234 cm³/mol. The fourth-order valence-electron chi connectivity index (χ4n) is 8.63. The van der Waals surface area contributed by atoms with Crippen LogP contribution in [0.5, 0.6) is 0 Å². The average Bonchev–Trinajstić information content (AvgIpc) is 4.03. The van der Waals surface area contributed by atoms with Crippen LogP contribution in [0.2, 0.25) is 0 Å². The Kier molecular flexibility index (Phi) is 11.4. The number of aromatic nitrogens is 2. The van der Waals surface area contributed by atoms with E-state index in [1.807, 2.05) is 72.8 Å². The van der Waals surface area contributed by atoms with E-state index < -0.39 is 0 Å². The van der Waals surface area contributed by atoms with Crippen molar-refractivity contribution in [3.8, 4) is 22.5 Å². The maximum Gasteiger partial charge on any atom is 0.272 e. The molecule has 10 rings (SSSR count). The zero-order chi connectivity index (χ0) is 39.6. The summed E-state index contributed by atoms with van der Waals surface area (Å²) in [5.41, 5.74) is 14.4. The van der Waals surface area contributed by atoms with Gasteiger partial charge in [0.15, 0.2) is 0 Å². The van der Waals surface area contributed by atoms with Gasteiger partial charge in [-0.15, -0.1) is 12.4 Å². The number of hydrazone groups is 2. The van der Waals surface area contributed by atoms with Gasteiger partial charge in [0.25, 0.3) is 11.8 Å². The predicted octanol–water partition coefficient (Wildman–Crippen LogP) is 7.85. The lowest BCUT2D eigenvalue weighted by molar-refractivity contribution is -0.117. The van der Waals surface area contributed by atoms with Crippen molar-refractivity contribution in [2.45, 2.75) is 57.4 Å². The molecule has 1 saturated carbocycles. The molecule has 6 aromatic rings. The van der Waals surface area contributed by atoms with Gasteiger partial charge in [0.2, 0.25) is 11.8 Å². The number of anilines is 2. The molecule has 2 fully saturated rings. The number of hydrogen-bond donors (Lipinski definition) is 7. The topological polar surface area (TPSA) is 185 Å². The molecular weight excluding hydrogens is 766 g/mol. The van der Waals surface area contributed by atoms with Crippen molar-refractivity contribution >= 4 is 81.6 Å². The Balaban J connectivity index is 0.000000161. The summed E-state index contributed by atoms with van der Waals surface area (Å²) in [5.74, 6) is -0.161. The van der Waals surface area contributed by atoms with Crippen LogP contribution in [0, 0.1) is 5.92 Å². The highest BCUT2D eigenvalue weighted by Gasteiger charge is 2.25. The Morgan fingerprint density at radius 2 is 1.12 bits per heavy atom. The normalized spacial score (nSPS) is 16.7. The lowest BCUT2D eigenvalue weighted by Gasteiger charge is -2.11. The van der Waals surface area contributed by atoms with Crippen LogP contribution in [0.1, 0.15) is 83.2 Å². The van der Waals surface area contributed by atoms with E-state index >= 15 is 0 Å². The molecule has 1 saturated heterocycles. The van der Waals surface area contributed by atoms with Crippen LogP contribution >= 0.6 is 12.4 Å². The van der Waals surface area contributed by atoms with Crippen molar-refractivity contribution in [1.82, 2.24) is 26.1 Å². The second-order valence-corrected chi connectivity index (χ2v) is 15.3. The zero-order valence-electron chi connectivity index (χ0n) is 32.2.